The van der Waals surface area contributed by atoms with Gasteiger partial charge in [0.1, 0.15) is 11.6 Å². The topological polar surface area (TPSA) is 41.1 Å². The number of amides is 1. The van der Waals surface area contributed by atoms with Gasteiger partial charge < -0.3 is 10.6 Å². The van der Waals surface area contributed by atoms with Crippen LogP contribution >= 0.6 is 0 Å². The number of carbonyl (C=O) groups excluding carboxylic acids is 1. The Morgan fingerprint density at radius 3 is 3.00 bits per heavy atom. The Bertz CT molecular complexity index is 465. The van der Waals surface area contributed by atoms with Gasteiger partial charge in [0.25, 0.3) is 5.91 Å². The number of carbonyl (C=O) groups is 1. The maximum absolute atomic E-state index is 13.4. The van der Waals surface area contributed by atoms with E-state index in [-0.39, 0.29) is 11.6 Å². The molecular formula is C14H18F2N2O. The number of nitrogens with one attached hydrogen (secondary N) is 2. The standard InChI is InChI=1S/C14H18F2N2O/c1-9-3-2-6-17-13(9)8-18-14(19)11-7-10(15)4-5-12(11)16/h4-5,7,9,13,17H,2-3,6,8H2,1H3,(H,18,19). The molecular weight excluding hydrogens is 250 g/mol. The summed E-state index contributed by atoms with van der Waals surface area (Å²) < 4.78 is 26.4. The lowest BCUT2D eigenvalue weighted by molar-refractivity contribution is 0.0939. The summed E-state index contributed by atoms with van der Waals surface area (Å²) in [5.41, 5.74) is -0.247. The van der Waals surface area contributed by atoms with Gasteiger partial charge in [-0.25, -0.2) is 8.78 Å². The summed E-state index contributed by atoms with van der Waals surface area (Å²) in [6, 6.07) is 3.07. The first-order chi connectivity index (χ1) is 9.08. The Morgan fingerprint density at radius 1 is 1.47 bits per heavy atom. The molecule has 2 rings (SSSR count). The van der Waals surface area contributed by atoms with E-state index in [1.54, 1.807) is 0 Å². The lowest BCUT2D eigenvalue weighted by Gasteiger charge is -2.30. The van der Waals surface area contributed by atoms with Crippen LogP contribution in [-0.2, 0) is 0 Å². The van der Waals surface area contributed by atoms with Crippen LogP contribution in [0.3, 0.4) is 0 Å². The van der Waals surface area contributed by atoms with Gasteiger partial charge >= 0.3 is 0 Å². The number of rotatable bonds is 3. The van der Waals surface area contributed by atoms with Gasteiger partial charge in [-0.15, -0.1) is 0 Å². The van der Waals surface area contributed by atoms with Crippen LogP contribution < -0.4 is 10.6 Å². The second-order valence-corrected chi connectivity index (χ2v) is 5.01. The Hall–Kier alpha value is -1.49. The SMILES string of the molecule is CC1CCCNC1CNC(=O)c1cc(F)ccc1F. The van der Waals surface area contributed by atoms with Gasteiger partial charge in [0, 0.05) is 12.6 Å². The molecule has 0 bridgehead atoms. The van der Waals surface area contributed by atoms with E-state index in [1.807, 2.05) is 0 Å². The smallest absolute Gasteiger partial charge is 0.254 e. The summed E-state index contributed by atoms with van der Waals surface area (Å²) >= 11 is 0. The lowest BCUT2D eigenvalue weighted by atomic mass is 9.93. The third-order valence-corrected chi connectivity index (χ3v) is 3.59. The highest BCUT2D eigenvalue weighted by atomic mass is 19.1. The van der Waals surface area contributed by atoms with Crippen LogP contribution in [0.4, 0.5) is 8.78 Å². The van der Waals surface area contributed by atoms with E-state index in [2.05, 4.69) is 17.6 Å². The molecule has 2 unspecified atom stereocenters. The summed E-state index contributed by atoms with van der Waals surface area (Å²) in [5, 5.41) is 5.98. The van der Waals surface area contributed by atoms with Crippen LogP contribution in [0.5, 0.6) is 0 Å². The molecule has 0 saturated carbocycles. The van der Waals surface area contributed by atoms with Crippen LogP contribution in [0.15, 0.2) is 18.2 Å². The predicted octanol–water partition coefficient (Wildman–Crippen LogP) is 2.08. The summed E-state index contributed by atoms with van der Waals surface area (Å²) in [6.07, 6.45) is 2.24. The fourth-order valence-corrected chi connectivity index (χ4v) is 2.36. The molecule has 1 aliphatic rings. The maximum atomic E-state index is 13.4. The van der Waals surface area contributed by atoms with Crippen LogP contribution in [0, 0.1) is 17.6 Å². The number of hydrogen-bond donors (Lipinski definition) is 2. The van der Waals surface area contributed by atoms with Crippen LogP contribution in [0.2, 0.25) is 0 Å². The predicted molar refractivity (Wildman–Crippen MR) is 68.9 cm³/mol. The third-order valence-electron chi connectivity index (χ3n) is 3.59. The van der Waals surface area contributed by atoms with Gasteiger partial charge in [-0.3, -0.25) is 4.79 Å². The van der Waals surface area contributed by atoms with Crippen LogP contribution in [0.25, 0.3) is 0 Å². The molecule has 0 aliphatic carbocycles. The van der Waals surface area contributed by atoms with Crippen LogP contribution in [-0.4, -0.2) is 25.0 Å². The zero-order valence-corrected chi connectivity index (χ0v) is 10.9. The van der Waals surface area contributed by atoms with Crippen molar-refractivity contribution in [2.75, 3.05) is 13.1 Å². The molecule has 1 saturated heterocycles. The van der Waals surface area contributed by atoms with Gasteiger partial charge in [-0.1, -0.05) is 6.92 Å². The van der Waals surface area contributed by atoms with Gasteiger partial charge in [0.05, 0.1) is 5.56 Å². The minimum atomic E-state index is -0.705. The number of piperidine rings is 1. The molecule has 1 aliphatic heterocycles. The molecule has 5 heteroatoms. The van der Waals surface area contributed by atoms with Crippen molar-refractivity contribution in [2.45, 2.75) is 25.8 Å². The van der Waals surface area contributed by atoms with E-state index in [9.17, 15) is 13.6 Å². The summed E-state index contributed by atoms with van der Waals surface area (Å²) in [6.45, 7) is 3.47. The molecule has 3 nitrogen and oxygen atoms in total. The Labute approximate surface area is 111 Å². The van der Waals surface area contributed by atoms with E-state index >= 15 is 0 Å². The minimum absolute atomic E-state index is 0.189. The number of hydrogen-bond acceptors (Lipinski definition) is 2. The van der Waals surface area contributed by atoms with Gasteiger partial charge in [0.15, 0.2) is 0 Å². The van der Waals surface area contributed by atoms with Crippen molar-refractivity contribution in [3.63, 3.8) is 0 Å². The van der Waals surface area contributed by atoms with Crippen molar-refractivity contribution in [2.24, 2.45) is 5.92 Å². The highest BCUT2D eigenvalue weighted by Crippen LogP contribution is 2.15. The van der Waals surface area contributed by atoms with E-state index in [1.165, 1.54) is 0 Å². The second-order valence-electron chi connectivity index (χ2n) is 5.01. The largest absolute Gasteiger partial charge is 0.350 e. The normalized spacial score (nSPS) is 23.1. The molecule has 1 aromatic carbocycles. The van der Waals surface area contributed by atoms with Crippen molar-refractivity contribution in [1.82, 2.24) is 10.6 Å². The van der Waals surface area contributed by atoms with Crippen molar-refractivity contribution in [3.05, 3.63) is 35.4 Å². The summed E-state index contributed by atoms with van der Waals surface area (Å²) in [4.78, 5) is 11.8. The minimum Gasteiger partial charge on any atom is -0.350 e. The quantitative estimate of drug-likeness (QED) is 0.881. The van der Waals surface area contributed by atoms with Gasteiger partial charge in [-0.05, 0) is 43.5 Å². The van der Waals surface area contributed by atoms with E-state index in [0.29, 0.717) is 12.5 Å². The van der Waals surface area contributed by atoms with E-state index in [4.69, 9.17) is 0 Å². The molecule has 1 aromatic rings. The van der Waals surface area contributed by atoms with Gasteiger partial charge in [0.2, 0.25) is 0 Å². The van der Waals surface area contributed by atoms with Crippen molar-refractivity contribution >= 4 is 5.91 Å². The van der Waals surface area contributed by atoms with Crippen molar-refractivity contribution in [3.8, 4) is 0 Å². The Morgan fingerprint density at radius 2 is 2.26 bits per heavy atom. The summed E-state index contributed by atoms with van der Waals surface area (Å²) in [5.74, 6) is -1.43. The fraction of sp³-hybridized carbons (Fsp3) is 0.500. The monoisotopic (exact) mass is 268 g/mol. The number of halogens is 2. The number of benzene rings is 1. The molecule has 1 heterocycles. The van der Waals surface area contributed by atoms with Crippen molar-refractivity contribution in [1.29, 1.82) is 0 Å². The van der Waals surface area contributed by atoms with Crippen molar-refractivity contribution < 1.29 is 13.6 Å². The Balaban J connectivity index is 1.95. The molecule has 2 atom stereocenters. The maximum Gasteiger partial charge on any atom is 0.254 e. The molecule has 0 spiro atoms. The Kier molecular flexibility index (Phi) is 4.47. The summed E-state index contributed by atoms with van der Waals surface area (Å²) in [7, 11) is 0. The zero-order valence-electron chi connectivity index (χ0n) is 10.9. The highest BCUT2D eigenvalue weighted by molar-refractivity contribution is 5.94. The van der Waals surface area contributed by atoms with Gasteiger partial charge in [-0.2, -0.15) is 0 Å². The molecule has 0 aromatic heterocycles. The highest BCUT2D eigenvalue weighted by Gasteiger charge is 2.22. The third kappa shape index (κ3) is 3.50. The van der Waals surface area contributed by atoms with E-state index < -0.39 is 17.5 Å². The zero-order chi connectivity index (χ0) is 13.8. The second kappa shape index (κ2) is 6.10. The first-order valence-electron chi connectivity index (χ1n) is 6.54. The average Bonchev–Trinajstić information content (AvgIpc) is 2.40. The van der Waals surface area contributed by atoms with E-state index in [0.717, 1.165) is 37.6 Å². The van der Waals surface area contributed by atoms with Crippen LogP contribution in [0.1, 0.15) is 30.1 Å². The molecule has 19 heavy (non-hydrogen) atoms. The molecule has 104 valence electrons. The molecule has 0 radical (unpaired) electrons. The first-order valence-corrected chi connectivity index (χ1v) is 6.54. The molecule has 2 N–H and O–H groups in total. The lowest BCUT2D eigenvalue weighted by Crippen LogP contribution is -2.47. The molecule has 1 amide bonds. The first kappa shape index (κ1) is 13.9. The fourth-order valence-electron chi connectivity index (χ4n) is 2.36. The average molecular weight is 268 g/mol. The molecule has 1 fully saturated rings.